The quantitative estimate of drug-likeness (QED) is 0.868. The summed E-state index contributed by atoms with van der Waals surface area (Å²) in [6.45, 7) is -0.907. The van der Waals surface area contributed by atoms with Gasteiger partial charge in [0.1, 0.15) is 0 Å². The Kier molecular flexibility index (Phi) is 3.66. The number of halogens is 6. The van der Waals surface area contributed by atoms with Crippen molar-refractivity contribution in [1.29, 1.82) is 0 Å². The second kappa shape index (κ2) is 5.02. The maximum absolute atomic E-state index is 12.9. The van der Waals surface area contributed by atoms with Crippen LogP contribution in [-0.2, 0) is 19.0 Å². The first-order chi connectivity index (χ1) is 9.64. The molecule has 1 N–H and O–H groups in total. The van der Waals surface area contributed by atoms with Crippen LogP contribution in [0.4, 0.5) is 26.3 Å². The molecule has 0 saturated heterocycles. The van der Waals surface area contributed by atoms with Gasteiger partial charge < -0.3 is 5.11 Å². The summed E-state index contributed by atoms with van der Waals surface area (Å²) >= 11 is 0. The van der Waals surface area contributed by atoms with Crippen molar-refractivity contribution in [3.8, 4) is 5.82 Å². The maximum Gasteiger partial charge on any atom is 0.433 e. The highest BCUT2D eigenvalue weighted by molar-refractivity contribution is 5.32. The van der Waals surface area contributed by atoms with Crippen molar-refractivity contribution >= 4 is 0 Å². The Bertz CT molecular complexity index is 629. The second-order valence-electron chi connectivity index (χ2n) is 3.99. The summed E-state index contributed by atoms with van der Waals surface area (Å²) in [5, 5.41) is 12.3. The predicted molar refractivity (Wildman–Crippen MR) is 57.3 cm³/mol. The van der Waals surface area contributed by atoms with Gasteiger partial charge in [0.05, 0.1) is 18.4 Å². The minimum Gasteiger partial charge on any atom is -0.392 e. The first kappa shape index (κ1) is 15.3. The zero-order valence-electron chi connectivity index (χ0n) is 10.1. The van der Waals surface area contributed by atoms with Gasteiger partial charge in [0.25, 0.3) is 0 Å². The Labute approximate surface area is 113 Å². The van der Waals surface area contributed by atoms with E-state index in [-0.39, 0.29) is 0 Å². The first-order valence-corrected chi connectivity index (χ1v) is 5.43. The van der Waals surface area contributed by atoms with Crippen LogP contribution in [0.25, 0.3) is 5.82 Å². The van der Waals surface area contributed by atoms with Crippen molar-refractivity contribution < 1.29 is 31.4 Å². The fourth-order valence-corrected chi connectivity index (χ4v) is 1.65. The lowest BCUT2D eigenvalue weighted by Crippen LogP contribution is -2.16. The van der Waals surface area contributed by atoms with E-state index < -0.39 is 41.6 Å². The number of aromatic nitrogens is 3. The number of aliphatic hydroxyl groups is 1. The number of rotatable bonds is 2. The molecular formula is C11H7F6N3O. The lowest BCUT2D eigenvalue weighted by molar-refractivity contribution is -0.144. The van der Waals surface area contributed by atoms with Gasteiger partial charge in [0, 0.05) is 11.8 Å². The Balaban J connectivity index is 2.50. The highest BCUT2D eigenvalue weighted by Crippen LogP contribution is 2.34. The minimum atomic E-state index is -4.83. The molecule has 0 spiro atoms. The number of nitrogens with zero attached hydrogens (tertiary/aromatic N) is 3. The van der Waals surface area contributed by atoms with E-state index in [2.05, 4.69) is 10.1 Å². The fraction of sp³-hybridized carbons (Fsp3) is 0.273. The summed E-state index contributed by atoms with van der Waals surface area (Å²) in [5.41, 5.74) is -2.86. The molecule has 2 aromatic rings. The smallest absolute Gasteiger partial charge is 0.392 e. The third kappa shape index (κ3) is 2.99. The molecular weight excluding hydrogens is 304 g/mol. The van der Waals surface area contributed by atoms with Crippen molar-refractivity contribution in [2.75, 3.05) is 0 Å². The van der Waals surface area contributed by atoms with E-state index in [9.17, 15) is 26.3 Å². The number of alkyl halides is 6. The Morgan fingerprint density at radius 2 is 1.67 bits per heavy atom. The molecule has 0 aromatic carbocycles. The predicted octanol–water partition coefficient (Wildman–Crippen LogP) is 2.80. The van der Waals surface area contributed by atoms with Crippen molar-refractivity contribution in [3.63, 3.8) is 0 Å². The van der Waals surface area contributed by atoms with Crippen LogP contribution >= 0.6 is 0 Å². The van der Waals surface area contributed by atoms with E-state index in [1.807, 2.05) is 0 Å². The molecule has 0 fully saturated rings. The molecule has 10 heteroatoms. The van der Waals surface area contributed by atoms with E-state index in [4.69, 9.17) is 5.11 Å². The van der Waals surface area contributed by atoms with Crippen LogP contribution in [0.3, 0.4) is 0 Å². The highest BCUT2D eigenvalue weighted by Gasteiger charge is 2.39. The van der Waals surface area contributed by atoms with Crippen molar-refractivity contribution in [3.05, 3.63) is 41.3 Å². The minimum absolute atomic E-state index is 0.339. The molecule has 0 radical (unpaired) electrons. The van der Waals surface area contributed by atoms with Crippen LogP contribution in [0.15, 0.2) is 24.5 Å². The van der Waals surface area contributed by atoms with Crippen LogP contribution in [0, 0.1) is 0 Å². The van der Waals surface area contributed by atoms with Crippen LogP contribution in [0.2, 0.25) is 0 Å². The van der Waals surface area contributed by atoms with Crippen LogP contribution in [0.5, 0.6) is 0 Å². The molecule has 0 aliphatic carbocycles. The third-order valence-corrected chi connectivity index (χ3v) is 2.58. The molecule has 2 heterocycles. The normalized spacial score (nSPS) is 12.7. The summed E-state index contributed by atoms with van der Waals surface area (Å²) in [4.78, 5) is 3.34. The highest BCUT2D eigenvalue weighted by atomic mass is 19.4. The Morgan fingerprint density at radius 3 is 2.10 bits per heavy atom. The molecule has 0 atom stereocenters. The van der Waals surface area contributed by atoms with Gasteiger partial charge in [-0.15, -0.1) is 0 Å². The largest absolute Gasteiger partial charge is 0.433 e. The summed E-state index contributed by atoms with van der Waals surface area (Å²) < 4.78 is 76.2. The van der Waals surface area contributed by atoms with Gasteiger partial charge in [0.2, 0.25) is 0 Å². The van der Waals surface area contributed by atoms with Gasteiger partial charge in [-0.3, -0.25) is 0 Å². The van der Waals surface area contributed by atoms with Crippen LogP contribution < -0.4 is 0 Å². The monoisotopic (exact) mass is 311 g/mol. The summed E-state index contributed by atoms with van der Waals surface area (Å²) in [6.07, 6.45) is -8.28. The molecule has 0 unspecified atom stereocenters. The molecule has 0 amide bonds. The van der Waals surface area contributed by atoms with Gasteiger partial charge in [-0.05, 0) is 12.1 Å². The van der Waals surface area contributed by atoms with Crippen molar-refractivity contribution in [2.45, 2.75) is 19.0 Å². The molecule has 0 aliphatic rings. The van der Waals surface area contributed by atoms with E-state index >= 15 is 0 Å². The lowest BCUT2D eigenvalue weighted by Gasteiger charge is -2.12. The zero-order chi connectivity index (χ0) is 15.8. The van der Waals surface area contributed by atoms with E-state index in [1.54, 1.807) is 0 Å². The summed E-state index contributed by atoms with van der Waals surface area (Å²) in [7, 11) is 0. The van der Waals surface area contributed by atoms with E-state index in [1.165, 1.54) is 0 Å². The Morgan fingerprint density at radius 1 is 1.00 bits per heavy atom. The number of pyridine rings is 1. The topological polar surface area (TPSA) is 50.9 Å². The van der Waals surface area contributed by atoms with Crippen LogP contribution in [-0.4, -0.2) is 19.9 Å². The number of hydrogen-bond donors (Lipinski definition) is 1. The number of hydrogen-bond acceptors (Lipinski definition) is 3. The average molecular weight is 311 g/mol. The molecule has 0 bridgehead atoms. The van der Waals surface area contributed by atoms with Crippen molar-refractivity contribution in [1.82, 2.24) is 14.8 Å². The fourth-order valence-electron chi connectivity index (χ4n) is 1.65. The van der Waals surface area contributed by atoms with E-state index in [0.29, 0.717) is 16.9 Å². The SMILES string of the molecule is OCc1cnn(-c2ccc(C(F)(F)F)cn2)c1C(F)(F)F. The first-order valence-electron chi connectivity index (χ1n) is 5.43. The standard InChI is InChI=1S/C11H7F6N3O/c12-10(13,14)7-1-2-8(18-4-7)20-9(11(15,16)17)6(5-21)3-19-20/h1-4,21H,5H2. The molecule has 114 valence electrons. The van der Waals surface area contributed by atoms with Crippen molar-refractivity contribution in [2.24, 2.45) is 0 Å². The average Bonchev–Trinajstić information content (AvgIpc) is 2.81. The molecule has 0 aliphatic heterocycles. The molecule has 0 saturated carbocycles. The molecule has 2 aromatic heterocycles. The van der Waals surface area contributed by atoms with Crippen LogP contribution in [0.1, 0.15) is 16.8 Å². The lowest BCUT2D eigenvalue weighted by atomic mass is 10.2. The van der Waals surface area contributed by atoms with Gasteiger partial charge in [0.15, 0.2) is 11.5 Å². The third-order valence-electron chi connectivity index (χ3n) is 2.58. The van der Waals surface area contributed by atoms with Gasteiger partial charge >= 0.3 is 12.4 Å². The Hall–Kier alpha value is -2.10. The maximum atomic E-state index is 12.9. The van der Waals surface area contributed by atoms with Gasteiger partial charge in [-0.25, -0.2) is 9.67 Å². The zero-order valence-corrected chi connectivity index (χ0v) is 10.1. The molecule has 2 rings (SSSR count). The molecule has 21 heavy (non-hydrogen) atoms. The van der Waals surface area contributed by atoms with Gasteiger partial charge in [-0.2, -0.15) is 31.4 Å². The summed E-state index contributed by atoms with van der Waals surface area (Å²) in [5.74, 6) is -0.435. The molecule has 4 nitrogen and oxygen atoms in total. The van der Waals surface area contributed by atoms with E-state index in [0.717, 1.165) is 12.3 Å². The second-order valence-corrected chi connectivity index (χ2v) is 3.99. The van der Waals surface area contributed by atoms with Gasteiger partial charge in [-0.1, -0.05) is 0 Å². The number of aliphatic hydroxyl groups excluding tert-OH is 1. The summed E-state index contributed by atoms with van der Waals surface area (Å²) in [6, 6.07) is 1.37.